The van der Waals surface area contributed by atoms with Gasteiger partial charge in [-0.3, -0.25) is 4.79 Å². The third-order valence-electron chi connectivity index (χ3n) is 3.62. The smallest absolute Gasteiger partial charge is 0.303 e. The lowest BCUT2D eigenvalue weighted by molar-refractivity contribution is -0.137. The van der Waals surface area contributed by atoms with Gasteiger partial charge in [0.1, 0.15) is 5.75 Å². The number of rotatable bonds is 4. The van der Waals surface area contributed by atoms with Gasteiger partial charge in [-0.1, -0.05) is 17.7 Å². The fraction of sp³-hybridized carbons (Fsp3) is 0.500. The van der Waals surface area contributed by atoms with Crippen LogP contribution in [0.1, 0.15) is 41.9 Å². The Morgan fingerprint density at radius 3 is 2.56 bits per heavy atom. The maximum absolute atomic E-state index is 11.0. The number of phenols is 1. The number of hydrogen-bond acceptors (Lipinski definition) is 2. The summed E-state index contributed by atoms with van der Waals surface area (Å²) in [6, 6.07) is 1.91. The molecule has 18 heavy (non-hydrogen) atoms. The molecule has 98 valence electrons. The first-order valence-electron chi connectivity index (χ1n) is 6.12. The Bertz CT molecular complexity index is 492. The predicted octanol–water partition coefficient (Wildman–Crippen LogP) is 3.63. The minimum absolute atomic E-state index is 0.0540. The maximum Gasteiger partial charge on any atom is 0.303 e. The number of carbonyl (C=O) groups is 1. The van der Waals surface area contributed by atoms with Crippen LogP contribution in [0.15, 0.2) is 6.07 Å². The van der Waals surface area contributed by atoms with Gasteiger partial charge in [-0.2, -0.15) is 0 Å². The number of aliphatic carboxylic acids is 1. The molecule has 1 fully saturated rings. The van der Waals surface area contributed by atoms with Gasteiger partial charge in [0.15, 0.2) is 0 Å². The van der Waals surface area contributed by atoms with Gasteiger partial charge in [-0.05, 0) is 43.7 Å². The van der Waals surface area contributed by atoms with Crippen molar-refractivity contribution in [3.63, 3.8) is 0 Å². The lowest BCUT2D eigenvalue weighted by Crippen LogP contribution is -2.10. The van der Waals surface area contributed by atoms with Crippen molar-refractivity contribution in [1.82, 2.24) is 0 Å². The Labute approximate surface area is 111 Å². The zero-order valence-corrected chi connectivity index (χ0v) is 11.3. The summed E-state index contributed by atoms with van der Waals surface area (Å²) < 4.78 is 0. The molecule has 1 saturated carbocycles. The van der Waals surface area contributed by atoms with E-state index in [1.165, 1.54) is 0 Å². The maximum atomic E-state index is 11.0. The monoisotopic (exact) mass is 268 g/mol. The first-order valence-corrected chi connectivity index (χ1v) is 6.50. The van der Waals surface area contributed by atoms with Gasteiger partial charge in [0.25, 0.3) is 0 Å². The highest BCUT2D eigenvalue weighted by molar-refractivity contribution is 6.32. The van der Waals surface area contributed by atoms with Gasteiger partial charge < -0.3 is 10.2 Å². The van der Waals surface area contributed by atoms with E-state index in [1.54, 1.807) is 0 Å². The van der Waals surface area contributed by atoms with Crippen LogP contribution in [0, 0.1) is 19.8 Å². The highest BCUT2D eigenvalue weighted by Gasteiger charge is 2.36. The molecule has 1 aromatic rings. The first kappa shape index (κ1) is 13.2. The second kappa shape index (κ2) is 4.81. The first-order chi connectivity index (χ1) is 8.41. The number of aromatic hydroxyl groups is 1. The Kier molecular flexibility index (Phi) is 3.53. The normalized spacial score (nSPS) is 16.6. The molecule has 0 amide bonds. The molecule has 0 aliphatic heterocycles. The van der Waals surface area contributed by atoms with Crippen molar-refractivity contribution in [2.45, 2.75) is 39.0 Å². The summed E-state index contributed by atoms with van der Waals surface area (Å²) in [5.41, 5.74) is 2.46. The highest BCUT2D eigenvalue weighted by atomic mass is 35.5. The summed E-state index contributed by atoms with van der Waals surface area (Å²) in [7, 11) is 0. The quantitative estimate of drug-likeness (QED) is 0.877. The van der Waals surface area contributed by atoms with Crippen molar-refractivity contribution in [2.75, 3.05) is 0 Å². The molecule has 4 heteroatoms. The molecule has 0 spiro atoms. The van der Waals surface area contributed by atoms with E-state index in [1.807, 2.05) is 19.9 Å². The third-order valence-corrected chi connectivity index (χ3v) is 4.10. The second-order valence-corrected chi connectivity index (χ2v) is 5.51. The van der Waals surface area contributed by atoms with Gasteiger partial charge in [0, 0.05) is 11.5 Å². The van der Waals surface area contributed by atoms with Crippen LogP contribution in [0.2, 0.25) is 5.02 Å². The summed E-state index contributed by atoms with van der Waals surface area (Å²) in [5.74, 6) is -0.528. The van der Waals surface area contributed by atoms with Gasteiger partial charge >= 0.3 is 5.97 Å². The lowest BCUT2D eigenvalue weighted by atomic mass is 9.86. The van der Waals surface area contributed by atoms with Crippen LogP contribution >= 0.6 is 11.6 Å². The van der Waals surface area contributed by atoms with Crippen LogP contribution in [0.3, 0.4) is 0 Å². The number of halogens is 1. The summed E-state index contributed by atoms with van der Waals surface area (Å²) in [6.07, 6.45) is 2.11. The number of hydrogen-bond donors (Lipinski definition) is 2. The van der Waals surface area contributed by atoms with Crippen LogP contribution in [0.4, 0.5) is 0 Å². The SMILES string of the molecule is Cc1cc(C)c(C(CC(=O)O)C2CC2)c(O)c1Cl. The van der Waals surface area contributed by atoms with E-state index in [2.05, 4.69) is 0 Å². The highest BCUT2D eigenvalue weighted by Crippen LogP contribution is 2.49. The van der Waals surface area contributed by atoms with Crippen LogP contribution in [0.25, 0.3) is 0 Å². The molecular weight excluding hydrogens is 252 g/mol. The van der Waals surface area contributed by atoms with Crippen molar-refractivity contribution in [2.24, 2.45) is 5.92 Å². The average molecular weight is 269 g/mol. The van der Waals surface area contributed by atoms with Crippen molar-refractivity contribution in [3.8, 4) is 5.75 Å². The molecule has 0 heterocycles. The van der Waals surface area contributed by atoms with Crippen molar-refractivity contribution >= 4 is 17.6 Å². The van der Waals surface area contributed by atoms with Gasteiger partial charge in [-0.25, -0.2) is 0 Å². The molecule has 2 N–H and O–H groups in total. The summed E-state index contributed by atoms with van der Waals surface area (Å²) in [5, 5.41) is 19.5. The van der Waals surface area contributed by atoms with Gasteiger partial charge in [0.05, 0.1) is 11.4 Å². The van der Waals surface area contributed by atoms with Crippen LogP contribution in [-0.4, -0.2) is 16.2 Å². The van der Waals surface area contributed by atoms with E-state index in [4.69, 9.17) is 16.7 Å². The Balaban J connectivity index is 2.47. The van der Waals surface area contributed by atoms with E-state index in [0.717, 1.165) is 29.5 Å². The Hall–Kier alpha value is -1.22. The molecule has 0 radical (unpaired) electrons. The van der Waals surface area contributed by atoms with E-state index < -0.39 is 5.97 Å². The van der Waals surface area contributed by atoms with E-state index in [-0.39, 0.29) is 18.1 Å². The molecule has 1 unspecified atom stereocenters. The third kappa shape index (κ3) is 2.46. The van der Waals surface area contributed by atoms with Crippen LogP contribution in [0.5, 0.6) is 5.75 Å². The molecular formula is C14H17ClO3. The van der Waals surface area contributed by atoms with E-state index in [0.29, 0.717) is 10.9 Å². The number of benzene rings is 1. The molecule has 1 aliphatic carbocycles. The number of phenolic OH excluding ortho intramolecular Hbond substituents is 1. The standard InChI is InChI=1S/C14H17ClO3/c1-7-5-8(2)13(15)14(18)12(7)10(6-11(16)17)9-3-4-9/h5,9-10,18H,3-4,6H2,1-2H3,(H,16,17). The van der Waals surface area contributed by atoms with Gasteiger partial charge in [0.2, 0.25) is 0 Å². The lowest BCUT2D eigenvalue weighted by Gasteiger charge is -2.20. The second-order valence-electron chi connectivity index (χ2n) is 5.13. The fourth-order valence-corrected chi connectivity index (χ4v) is 2.77. The van der Waals surface area contributed by atoms with Crippen molar-refractivity contribution in [1.29, 1.82) is 0 Å². The Morgan fingerprint density at radius 2 is 2.06 bits per heavy atom. The molecule has 3 nitrogen and oxygen atoms in total. The average Bonchev–Trinajstić information content (AvgIpc) is 3.08. The number of aryl methyl sites for hydroxylation is 2. The number of carboxylic acid groups (broad SMARTS) is 1. The minimum Gasteiger partial charge on any atom is -0.506 e. The van der Waals surface area contributed by atoms with Crippen LogP contribution in [-0.2, 0) is 4.79 Å². The fourth-order valence-electron chi connectivity index (χ4n) is 2.62. The number of carboxylic acids is 1. The molecule has 0 aromatic heterocycles. The molecule has 1 aliphatic rings. The predicted molar refractivity (Wildman–Crippen MR) is 70.3 cm³/mol. The van der Waals surface area contributed by atoms with Gasteiger partial charge in [-0.15, -0.1) is 0 Å². The molecule has 1 atom stereocenters. The zero-order chi connectivity index (χ0) is 13.4. The van der Waals surface area contributed by atoms with Crippen molar-refractivity contribution < 1.29 is 15.0 Å². The molecule has 1 aromatic carbocycles. The Morgan fingerprint density at radius 1 is 1.44 bits per heavy atom. The van der Waals surface area contributed by atoms with E-state index >= 15 is 0 Å². The molecule has 0 bridgehead atoms. The molecule has 2 rings (SSSR count). The zero-order valence-electron chi connectivity index (χ0n) is 10.5. The summed E-state index contributed by atoms with van der Waals surface area (Å²) >= 11 is 6.06. The van der Waals surface area contributed by atoms with Crippen molar-refractivity contribution in [3.05, 3.63) is 27.8 Å². The molecule has 0 saturated heterocycles. The summed E-state index contributed by atoms with van der Waals surface area (Å²) in [4.78, 5) is 11.0. The minimum atomic E-state index is -0.831. The van der Waals surface area contributed by atoms with Crippen LogP contribution < -0.4 is 0 Å². The topological polar surface area (TPSA) is 57.5 Å². The summed E-state index contributed by atoms with van der Waals surface area (Å²) in [6.45, 7) is 3.73. The largest absolute Gasteiger partial charge is 0.506 e. The van der Waals surface area contributed by atoms with E-state index in [9.17, 15) is 9.90 Å².